The van der Waals surface area contributed by atoms with Gasteiger partial charge in [-0.1, -0.05) is 11.6 Å². The summed E-state index contributed by atoms with van der Waals surface area (Å²) in [6.45, 7) is 0.729. The Balaban J connectivity index is 2.46. The average Bonchev–Trinajstić information content (AvgIpc) is 2.34. The van der Waals surface area contributed by atoms with Crippen LogP contribution in [0.4, 0.5) is 0 Å². The van der Waals surface area contributed by atoms with Crippen molar-refractivity contribution in [2.24, 2.45) is 0 Å². The van der Waals surface area contributed by atoms with Gasteiger partial charge in [-0.2, -0.15) is 0 Å². The van der Waals surface area contributed by atoms with Crippen molar-refractivity contribution < 1.29 is 0 Å². The molecule has 0 unspecified atom stereocenters. The fourth-order valence-corrected chi connectivity index (χ4v) is 2.05. The fraction of sp³-hybridized carbons (Fsp3) is 0.143. The van der Waals surface area contributed by atoms with Crippen LogP contribution in [0.5, 0.6) is 0 Å². The number of hydrogen-bond acceptors (Lipinski definition) is 2. The van der Waals surface area contributed by atoms with Gasteiger partial charge in [-0.3, -0.25) is 3.93 Å². The van der Waals surface area contributed by atoms with Gasteiger partial charge in [0.1, 0.15) is 0 Å². The summed E-state index contributed by atoms with van der Waals surface area (Å²) in [7, 11) is 0. The molecule has 0 saturated carbocycles. The van der Waals surface area contributed by atoms with Crippen molar-refractivity contribution in [2.75, 3.05) is 6.54 Å². The summed E-state index contributed by atoms with van der Waals surface area (Å²) in [4.78, 5) is 0. The van der Waals surface area contributed by atoms with Crippen LogP contribution in [0, 0.1) is 0 Å². The highest BCUT2D eigenvalue weighted by atomic mass is 79.9. The number of nitrogens with one attached hydrogen (secondary N) is 1. The minimum atomic E-state index is 0.729. The summed E-state index contributed by atoms with van der Waals surface area (Å²) in [5.74, 6) is 0. The second kappa shape index (κ2) is 2.57. The number of fused-ring (bicyclic) bond motifs is 1. The Morgan fingerprint density at radius 3 is 3.18 bits per heavy atom. The molecule has 0 bridgehead atoms. The van der Waals surface area contributed by atoms with Crippen molar-refractivity contribution in [1.82, 2.24) is 9.24 Å². The first-order valence-corrected chi connectivity index (χ1v) is 4.34. The molecule has 0 saturated heterocycles. The van der Waals surface area contributed by atoms with Gasteiger partial charge in [0.25, 0.3) is 0 Å². The average molecular weight is 233 g/mol. The SMILES string of the molecule is ClC1=C2C(=CC=CN2Br)NC1. The maximum atomic E-state index is 5.95. The summed E-state index contributed by atoms with van der Waals surface area (Å²) >= 11 is 9.31. The van der Waals surface area contributed by atoms with Gasteiger partial charge in [0.2, 0.25) is 0 Å². The van der Waals surface area contributed by atoms with Crippen LogP contribution in [0.2, 0.25) is 0 Å². The maximum absolute atomic E-state index is 5.95. The largest absolute Gasteiger partial charge is 0.378 e. The first-order chi connectivity index (χ1) is 5.29. The normalized spacial score (nSPS) is 21.6. The Kier molecular flexibility index (Phi) is 1.69. The molecule has 4 heteroatoms. The summed E-state index contributed by atoms with van der Waals surface area (Å²) in [5, 5.41) is 4.02. The van der Waals surface area contributed by atoms with Crippen molar-refractivity contribution in [2.45, 2.75) is 0 Å². The molecule has 0 amide bonds. The molecular weight excluding hydrogens is 227 g/mol. The first kappa shape index (κ1) is 7.25. The van der Waals surface area contributed by atoms with Gasteiger partial charge in [0, 0.05) is 6.20 Å². The zero-order valence-corrected chi connectivity index (χ0v) is 7.98. The van der Waals surface area contributed by atoms with Gasteiger partial charge in [0.05, 0.1) is 39.1 Å². The van der Waals surface area contributed by atoms with E-state index in [2.05, 4.69) is 21.5 Å². The van der Waals surface area contributed by atoms with E-state index in [9.17, 15) is 0 Å². The van der Waals surface area contributed by atoms with Gasteiger partial charge in [-0.05, 0) is 12.2 Å². The third kappa shape index (κ3) is 1.08. The van der Waals surface area contributed by atoms with E-state index in [-0.39, 0.29) is 0 Å². The van der Waals surface area contributed by atoms with E-state index in [0.29, 0.717) is 0 Å². The number of allylic oxidation sites excluding steroid dienone is 2. The standard InChI is InChI=1S/C7H6BrClN2/c8-11-3-1-2-6-7(11)5(9)4-10-6/h1-3,10H,4H2. The molecule has 0 radical (unpaired) electrons. The Bertz CT molecular complexity index is 280. The minimum Gasteiger partial charge on any atom is -0.378 e. The zero-order chi connectivity index (χ0) is 7.84. The molecule has 0 aromatic rings. The Morgan fingerprint density at radius 2 is 2.45 bits per heavy atom. The third-order valence-electron chi connectivity index (χ3n) is 1.64. The lowest BCUT2D eigenvalue weighted by atomic mass is 10.3. The monoisotopic (exact) mass is 232 g/mol. The molecule has 2 nitrogen and oxygen atoms in total. The van der Waals surface area contributed by atoms with Gasteiger partial charge in [-0.25, -0.2) is 0 Å². The molecular formula is C7H6BrClN2. The van der Waals surface area contributed by atoms with Crippen LogP contribution >= 0.6 is 27.7 Å². The van der Waals surface area contributed by atoms with Crippen molar-refractivity contribution >= 4 is 27.7 Å². The van der Waals surface area contributed by atoms with Crippen LogP contribution in [0.15, 0.2) is 34.8 Å². The lowest BCUT2D eigenvalue weighted by Gasteiger charge is -2.17. The number of rotatable bonds is 0. The third-order valence-corrected chi connectivity index (χ3v) is 2.54. The Morgan fingerprint density at radius 1 is 1.64 bits per heavy atom. The molecule has 2 rings (SSSR count). The molecule has 0 fully saturated rings. The molecule has 2 aliphatic rings. The smallest absolute Gasteiger partial charge is 0.0913 e. The maximum Gasteiger partial charge on any atom is 0.0913 e. The van der Waals surface area contributed by atoms with Gasteiger partial charge in [0.15, 0.2) is 0 Å². The molecule has 11 heavy (non-hydrogen) atoms. The summed E-state index contributed by atoms with van der Waals surface area (Å²) in [6, 6.07) is 0. The second-order valence-electron chi connectivity index (χ2n) is 2.34. The van der Waals surface area contributed by atoms with Crippen LogP contribution in [0.3, 0.4) is 0 Å². The van der Waals surface area contributed by atoms with Crippen LogP contribution in [0.1, 0.15) is 0 Å². The van der Waals surface area contributed by atoms with Crippen LogP contribution < -0.4 is 5.32 Å². The van der Waals surface area contributed by atoms with E-state index in [4.69, 9.17) is 11.6 Å². The van der Waals surface area contributed by atoms with E-state index in [0.717, 1.165) is 23.0 Å². The number of nitrogens with zero attached hydrogens (tertiary/aromatic N) is 1. The highest BCUT2D eigenvalue weighted by Crippen LogP contribution is 2.30. The van der Waals surface area contributed by atoms with Crippen molar-refractivity contribution in [3.8, 4) is 0 Å². The van der Waals surface area contributed by atoms with E-state index in [1.165, 1.54) is 0 Å². The molecule has 0 aromatic carbocycles. The molecule has 0 aromatic heterocycles. The van der Waals surface area contributed by atoms with E-state index < -0.39 is 0 Å². The quantitative estimate of drug-likeness (QED) is 0.644. The first-order valence-electron chi connectivity index (χ1n) is 3.25. The predicted octanol–water partition coefficient (Wildman–Crippen LogP) is 2.06. The number of halogens is 2. The highest BCUT2D eigenvalue weighted by Gasteiger charge is 2.22. The number of hydrogen-bond donors (Lipinski definition) is 1. The lowest BCUT2D eigenvalue weighted by molar-refractivity contribution is 0.785. The van der Waals surface area contributed by atoms with Crippen LogP contribution in [-0.4, -0.2) is 10.5 Å². The van der Waals surface area contributed by atoms with E-state index >= 15 is 0 Å². The van der Waals surface area contributed by atoms with Gasteiger partial charge < -0.3 is 5.32 Å². The Labute approximate surface area is 78.5 Å². The molecule has 58 valence electrons. The molecule has 2 aliphatic heterocycles. The molecule has 2 heterocycles. The predicted molar refractivity (Wildman–Crippen MR) is 48.9 cm³/mol. The molecule has 0 aliphatic carbocycles. The lowest BCUT2D eigenvalue weighted by Crippen LogP contribution is -2.13. The van der Waals surface area contributed by atoms with Gasteiger partial charge >= 0.3 is 0 Å². The van der Waals surface area contributed by atoms with Crippen LogP contribution in [0.25, 0.3) is 0 Å². The van der Waals surface area contributed by atoms with Crippen molar-refractivity contribution in [3.05, 3.63) is 34.8 Å². The minimum absolute atomic E-state index is 0.729. The summed E-state index contributed by atoms with van der Waals surface area (Å²) in [6.07, 6.45) is 5.87. The van der Waals surface area contributed by atoms with E-state index in [1.807, 2.05) is 22.3 Å². The van der Waals surface area contributed by atoms with Crippen molar-refractivity contribution in [3.63, 3.8) is 0 Å². The van der Waals surface area contributed by atoms with E-state index in [1.54, 1.807) is 0 Å². The van der Waals surface area contributed by atoms with Crippen molar-refractivity contribution in [1.29, 1.82) is 0 Å². The fourth-order valence-electron chi connectivity index (χ4n) is 1.14. The topological polar surface area (TPSA) is 15.3 Å². The van der Waals surface area contributed by atoms with Gasteiger partial charge in [-0.15, -0.1) is 0 Å². The molecule has 1 N–H and O–H groups in total. The second-order valence-corrected chi connectivity index (χ2v) is 3.56. The highest BCUT2D eigenvalue weighted by molar-refractivity contribution is 9.07. The molecule has 0 spiro atoms. The Hall–Kier alpha value is -0.410. The molecule has 0 atom stereocenters. The zero-order valence-electron chi connectivity index (χ0n) is 5.64. The summed E-state index contributed by atoms with van der Waals surface area (Å²) in [5.41, 5.74) is 2.10. The summed E-state index contributed by atoms with van der Waals surface area (Å²) < 4.78 is 1.84. The van der Waals surface area contributed by atoms with Crippen LogP contribution in [-0.2, 0) is 0 Å².